The predicted molar refractivity (Wildman–Crippen MR) is 99.7 cm³/mol. The van der Waals surface area contributed by atoms with E-state index in [0.717, 1.165) is 12.0 Å². The molecule has 0 amide bonds. The number of cyclic esters (lactones) is 1. The highest BCUT2D eigenvalue weighted by Crippen LogP contribution is 2.70. The highest BCUT2D eigenvalue weighted by Gasteiger charge is 2.80. The molecule has 5 rings (SSSR count). The molecule has 0 aromatic carbocycles. The lowest BCUT2D eigenvalue weighted by atomic mass is 9.41. The molecule has 4 fully saturated rings. The van der Waals surface area contributed by atoms with Gasteiger partial charge < -0.3 is 23.7 Å². The third kappa shape index (κ3) is 2.43. The molecule has 0 radical (unpaired) electrons. The van der Waals surface area contributed by atoms with Gasteiger partial charge in [-0.3, -0.25) is 9.59 Å². The van der Waals surface area contributed by atoms with Gasteiger partial charge >= 0.3 is 11.9 Å². The van der Waals surface area contributed by atoms with Gasteiger partial charge in [-0.1, -0.05) is 6.42 Å². The summed E-state index contributed by atoms with van der Waals surface area (Å²) < 4.78 is 22.6. The Kier molecular flexibility index (Phi) is 4.01. The molecule has 1 aromatic heterocycles. The summed E-state index contributed by atoms with van der Waals surface area (Å²) in [7, 11) is 0. The number of epoxide rings is 1. The molecule has 1 N–H and O–H groups in total. The second-order valence-electron chi connectivity index (χ2n) is 9.61. The van der Waals surface area contributed by atoms with Crippen LogP contribution in [0.25, 0.3) is 0 Å². The lowest BCUT2D eigenvalue weighted by molar-refractivity contribution is -0.296. The zero-order chi connectivity index (χ0) is 20.5. The van der Waals surface area contributed by atoms with Crippen molar-refractivity contribution in [2.24, 2.45) is 16.7 Å². The molecule has 7 heteroatoms. The van der Waals surface area contributed by atoms with Gasteiger partial charge in [0.15, 0.2) is 0 Å². The van der Waals surface area contributed by atoms with Gasteiger partial charge in [0.25, 0.3) is 0 Å². The molecule has 2 aliphatic heterocycles. The van der Waals surface area contributed by atoms with Crippen LogP contribution in [0.2, 0.25) is 0 Å². The zero-order valence-electron chi connectivity index (χ0n) is 16.9. The second-order valence-corrected chi connectivity index (χ2v) is 9.61. The Labute approximate surface area is 169 Å². The van der Waals surface area contributed by atoms with Crippen molar-refractivity contribution in [2.45, 2.75) is 69.7 Å². The minimum atomic E-state index is -1.18. The molecule has 6 unspecified atom stereocenters. The van der Waals surface area contributed by atoms with Crippen LogP contribution in [0.3, 0.4) is 0 Å². The fourth-order valence-electron chi connectivity index (χ4n) is 6.86. The Balaban J connectivity index is 1.60. The zero-order valence-corrected chi connectivity index (χ0v) is 16.9. The van der Waals surface area contributed by atoms with Gasteiger partial charge in [0, 0.05) is 24.7 Å². The molecule has 29 heavy (non-hydrogen) atoms. The van der Waals surface area contributed by atoms with E-state index in [1.54, 1.807) is 12.5 Å². The standard InChI is InChI=1S/C22H28O7/c1-14(23)29-16-10-21(13-28-21)22(25,8-4-15-5-9-26-11-15)20-7-3-6-19(2,17(16)20)18(24)27-12-20/h5,9,11,16-17,25H,3-4,6-8,10,12-13H2,1-2H3. The summed E-state index contributed by atoms with van der Waals surface area (Å²) in [6, 6.07) is 1.90. The van der Waals surface area contributed by atoms with Crippen molar-refractivity contribution in [2.75, 3.05) is 13.2 Å². The Morgan fingerprint density at radius 1 is 1.34 bits per heavy atom. The maximum atomic E-state index is 12.9. The number of carbonyl (C=O) groups is 2. The van der Waals surface area contributed by atoms with Crippen LogP contribution < -0.4 is 0 Å². The Morgan fingerprint density at radius 2 is 2.14 bits per heavy atom. The van der Waals surface area contributed by atoms with E-state index < -0.39 is 28.1 Å². The first-order chi connectivity index (χ1) is 13.8. The van der Waals surface area contributed by atoms with Crippen molar-refractivity contribution in [3.8, 4) is 0 Å². The van der Waals surface area contributed by atoms with Crippen molar-refractivity contribution < 1.29 is 33.3 Å². The summed E-state index contributed by atoms with van der Waals surface area (Å²) in [6.07, 6.45) is 6.56. The first-order valence-corrected chi connectivity index (χ1v) is 10.5. The van der Waals surface area contributed by atoms with E-state index in [-0.39, 0.29) is 24.5 Å². The molecular weight excluding hydrogens is 376 g/mol. The monoisotopic (exact) mass is 404 g/mol. The van der Waals surface area contributed by atoms with Crippen LogP contribution in [-0.4, -0.2) is 47.6 Å². The van der Waals surface area contributed by atoms with Crippen LogP contribution in [0.1, 0.15) is 51.5 Å². The highest BCUT2D eigenvalue weighted by molar-refractivity contribution is 5.79. The van der Waals surface area contributed by atoms with E-state index in [4.69, 9.17) is 18.6 Å². The molecule has 2 saturated carbocycles. The number of ether oxygens (including phenoxy) is 3. The van der Waals surface area contributed by atoms with Gasteiger partial charge in [-0.25, -0.2) is 0 Å². The number of furan rings is 1. The lowest BCUT2D eigenvalue weighted by Crippen LogP contribution is -2.76. The van der Waals surface area contributed by atoms with Crippen molar-refractivity contribution in [3.05, 3.63) is 24.2 Å². The van der Waals surface area contributed by atoms with Gasteiger partial charge in [-0.15, -0.1) is 0 Å². The minimum absolute atomic E-state index is 0.136. The van der Waals surface area contributed by atoms with Gasteiger partial charge in [0.2, 0.25) is 0 Å². The number of esters is 2. The van der Waals surface area contributed by atoms with Crippen LogP contribution in [0.4, 0.5) is 0 Å². The lowest BCUT2D eigenvalue weighted by Gasteiger charge is -2.66. The van der Waals surface area contributed by atoms with Gasteiger partial charge in [0.1, 0.15) is 23.9 Å². The number of aryl methyl sites for hydroxylation is 1. The van der Waals surface area contributed by atoms with Crippen LogP contribution in [0.5, 0.6) is 0 Å². The Bertz CT molecular complexity index is 828. The molecule has 2 aliphatic carbocycles. The third-order valence-electron chi connectivity index (χ3n) is 8.17. The molecule has 2 bridgehead atoms. The van der Waals surface area contributed by atoms with E-state index >= 15 is 0 Å². The average Bonchev–Trinajstić information content (AvgIpc) is 3.24. The Morgan fingerprint density at radius 3 is 2.79 bits per heavy atom. The minimum Gasteiger partial charge on any atom is -0.472 e. The van der Waals surface area contributed by atoms with Crippen molar-refractivity contribution in [1.29, 1.82) is 0 Å². The van der Waals surface area contributed by atoms with Crippen molar-refractivity contribution in [3.63, 3.8) is 0 Å². The molecular formula is C22H28O7. The SMILES string of the molecule is CC(=O)OC1CC2(CO2)C(O)(CCc2ccoc2)C23CCCC(C)(C(=O)OC2)C13. The Hall–Kier alpha value is -1.86. The van der Waals surface area contributed by atoms with E-state index in [2.05, 4.69) is 0 Å². The fourth-order valence-corrected chi connectivity index (χ4v) is 6.86. The number of hydrogen-bond donors (Lipinski definition) is 1. The van der Waals surface area contributed by atoms with Gasteiger partial charge in [-0.05, 0) is 44.2 Å². The predicted octanol–water partition coefficient (Wildman–Crippen LogP) is 2.40. The molecule has 4 aliphatic rings. The molecule has 1 aromatic rings. The molecule has 3 heterocycles. The first-order valence-electron chi connectivity index (χ1n) is 10.5. The summed E-state index contributed by atoms with van der Waals surface area (Å²) in [6.45, 7) is 3.86. The van der Waals surface area contributed by atoms with Crippen molar-refractivity contribution >= 4 is 11.9 Å². The normalized spacial score (nSPS) is 45.4. The quantitative estimate of drug-likeness (QED) is 0.608. The van der Waals surface area contributed by atoms with Crippen LogP contribution in [-0.2, 0) is 30.2 Å². The van der Waals surface area contributed by atoms with Gasteiger partial charge in [-0.2, -0.15) is 0 Å². The van der Waals surface area contributed by atoms with Gasteiger partial charge in [0.05, 0.1) is 24.5 Å². The molecule has 1 spiro atoms. The smallest absolute Gasteiger partial charge is 0.312 e. The molecule has 2 saturated heterocycles. The average molecular weight is 404 g/mol. The largest absolute Gasteiger partial charge is 0.472 e. The topological polar surface area (TPSA) is 98.5 Å². The number of carbonyl (C=O) groups excluding carboxylic acids is 2. The third-order valence-corrected chi connectivity index (χ3v) is 8.17. The number of hydrogen-bond acceptors (Lipinski definition) is 7. The van der Waals surface area contributed by atoms with E-state index in [1.165, 1.54) is 6.92 Å². The summed E-state index contributed by atoms with van der Waals surface area (Å²) in [4.78, 5) is 24.8. The van der Waals surface area contributed by atoms with Crippen molar-refractivity contribution in [1.82, 2.24) is 0 Å². The second kappa shape index (κ2) is 6.08. The van der Waals surface area contributed by atoms with E-state index in [1.807, 2.05) is 13.0 Å². The van der Waals surface area contributed by atoms with Crippen LogP contribution in [0, 0.1) is 16.7 Å². The molecule has 7 nitrogen and oxygen atoms in total. The highest BCUT2D eigenvalue weighted by atomic mass is 16.6. The maximum absolute atomic E-state index is 12.9. The summed E-state index contributed by atoms with van der Waals surface area (Å²) in [5.41, 5.74) is -2.42. The summed E-state index contributed by atoms with van der Waals surface area (Å²) in [5, 5.41) is 12.3. The molecule has 158 valence electrons. The number of aliphatic hydroxyl groups is 1. The molecule has 6 atom stereocenters. The van der Waals surface area contributed by atoms with Crippen LogP contribution >= 0.6 is 0 Å². The van der Waals surface area contributed by atoms with E-state index in [9.17, 15) is 14.7 Å². The number of rotatable bonds is 4. The summed E-state index contributed by atoms with van der Waals surface area (Å²) in [5.74, 6) is -0.914. The summed E-state index contributed by atoms with van der Waals surface area (Å²) >= 11 is 0. The van der Waals surface area contributed by atoms with E-state index in [0.29, 0.717) is 38.7 Å². The fraction of sp³-hybridized carbons (Fsp3) is 0.727. The maximum Gasteiger partial charge on any atom is 0.312 e. The van der Waals surface area contributed by atoms with Crippen LogP contribution in [0.15, 0.2) is 23.0 Å². The first kappa shape index (κ1) is 19.1.